The van der Waals surface area contributed by atoms with Crippen LogP contribution in [0.1, 0.15) is 36.0 Å². The zero-order valence-corrected chi connectivity index (χ0v) is 17.2. The van der Waals surface area contributed by atoms with Crippen molar-refractivity contribution in [3.05, 3.63) is 70.8 Å². The molecule has 0 saturated heterocycles. The summed E-state index contributed by atoms with van der Waals surface area (Å²) < 4.78 is 27.0. The number of aromatic amines is 1. The lowest BCUT2D eigenvalue weighted by Crippen LogP contribution is -2.38. The number of amides is 1. The fourth-order valence-electron chi connectivity index (χ4n) is 3.48. The van der Waals surface area contributed by atoms with Crippen LogP contribution < -0.4 is 10.6 Å². The van der Waals surface area contributed by atoms with E-state index in [0.717, 1.165) is 31.7 Å². The van der Waals surface area contributed by atoms with Crippen LogP contribution in [0.25, 0.3) is 11.3 Å². The van der Waals surface area contributed by atoms with E-state index in [-0.39, 0.29) is 12.0 Å². The number of hydrogen-bond donors (Lipinski definition) is 3. The lowest BCUT2D eigenvalue weighted by Gasteiger charge is -2.16. The van der Waals surface area contributed by atoms with E-state index in [1.54, 1.807) is 30.3 Å². The Morgan fingerprint density at radius 1 is 1.06 bits per heavy atom. The molecule has 0 atom stereocenters. The Hall–Kier alpha value is -3.26. The molecule has 9 heteroatoms. The number of nitrogens with zero attached hydrogens (tertiary/aromatic N) is 2. The van der Waals surface area contributed by atoms with Gasteiger partial charge in [0.25, 0.3) is 5.91 Å². The lowest BCUT2D eigenvalue weighted by molar-refractivity contribution is 0.100. The second-order valence-corrected chi connectivity index (χ2v) is 7.78. The molecule has 3 aromatic rings. The van der Waals surface area contributed by atoms with E-state index in [4.69, 9.17) is 11.6 Å². The molecular formula is C22H20ClF2N5O. The summed E-state index contributed by atoms with van der Waals surface area (Å²) in [5.74, 6) is -1.12. The SMILES string of the molecule is O=C(/N=C(\Nc1cc(-c2cc(F)cc(F)c2)n[nH]1)NC1CCCC1)c1ccc(Cl)cc1. The summed E-state index contributed by atoms with van der Waals surface area (Å²) in [6.45, 7) is 0. The number of carbonyl (C=O) groups is 1. The number of nitrogens with one attached hydrogen (secondary N) is 3. The number of rotatable bonds is 4. The van der Waals surface area contributed by atoms with Crippen molar-refractivity contribution in [2.75, 3.05) is 5.32 Å². The largest absolute Gasteiger partial charge is 0.353 e. The molecular weight excluding hydrogens is 424 g/mol. The molecule has 1 fully saturated rings. The molecule has 1 aliphatic carbocycles. The fraction of sp³-hybridized carbons (Fsp3) is 0.227. The quantitative estimate of drug-likeness (QED) is 0.385. The average Bonchev–Trinajstić information content (AvgIpc) is 3.40. The number of hydrogen-bond acceptors (Lipinski definition) is 2. The van der Waals surface area contributed by atoms with Gasteiger partial charge in [-0.15, -0.1) is 0 Å². The first-order valence-electron chi connectivity index (χ1n) is 9.90. The van der Waals surface area contributed by atoms with Crippen molar-refractivity contribution in [1.82, 2.24) is 15.5 Å². The van der Waals surface area contributed by atoms with Gasteiger partial charge in [-0.05, 0) is 49.2 Å². The van der Waals surface area contributed by atoms with Gasteiger partial charge in [0.1, 0.15) is 17.5 Å². The van der Waals surface area contributed by atoms with Crippen molar-refractivity contribution in [3.63, 3.8) is 0 Å². The van der Waals surface area contributed by atoms with E-state index in [9.17, 15) is 13.6 Å². The van der Waals surface area contributed by atoms with Crippen LogP contribution in [0.3, 0.4) is 0 Å². The highest BCUT2D eigenvalue weighted by Crippen LogP contribution is 2.22. The van der Waals surface area contributed by atoms with Gasteiger partial charge in [0.2, 0.25) is 5.96 Å². The van der Waals surface area contributed by atoms with Crippen LogP contribution in [-0.4, -0.2) is 28.1 Å². The zero-order chi connectivity index (χ0) is 21.8. The highest BCUT2D eigenvalue weighted by Gasteiger charge is 2.18. The number of aromatic nitrogens is 2. The van der Waals surface area contributed by atoms with Gasteiger partial charge in [-0.2, -0.15) is 10.1 Å². The molecule has 2 aromatic carbocycles. The number of benzene rings is 2. The van der Waals surface area contributed by atoms with Crippen molar-refractivity contribution >= 4 is 29.3 Å². The van der Waals surface area contributed by atoms with Gasteiger partial charge >= 0.3 is 0 Å². The molecule has 6 nitrogen and oxygen atoms in total. The van der Waals surface area contributed by atoms with Gasteiger partial charge in [-0.3, -0.25) is 9.89 Å². The van der Waals surface area contributed by atoms with E-state index < -0.39 is 17.5 Å². The van der Waals surface area contributed by atoms with Gasteiger partial charge in [-0.1, -0.05) is 24.4 Å². The summed E-state index contributed by atoms with van der Waals surface area (Å²) in [6.07, 6.45) is 4.17. The Kier molecular flexibility index (Phi) is 6.27. The molecule has 0 spiro atoms. The minimum absolute atomic E-state index is 0.198. The molecule has 1 aliphatic rings. The third kappa shape index (κ3) is 5.46. The van der Waals surface area contributed by atoms with Crippen LogP contribution in [0.5, 0.6) is 0 Å². The molecule has 1 amide bonds. The van der Waals surface area contributed by atoms with E-state index in [0.29, 0.717) is 27.7 Å². The number of carbonyl (C=O) groups excluding carboxylic acids is 1. The van der Waals surface area contributed by atoms with Crippen molar-refractivity contribution in [2.45, 2.75) is 31.7 Å². The van der Waals surface area contributed by atoms with E-state index in [1.807, 2.05) is 0 Å². The summed E-state index contributed by atoms with van der Waals surface area (Å²) in [6, 6.07) is 11.4. The van der Waals surface area contributed by atoms with E-state index in [2.05, 4.69) is 25.8 Å². The first-order valence-corrected chi connectivity index (χ1v) is 10.3. The predicted octanol–water partition coefficient (Wildman–Crippen LogP) is 5.15. The van der Waals surface area contributed by atoms with Crippen molar-refractivity contribution in [3.8, 4) is 11.3 Å². The maximum absolute atomic E-state index is 13.5. The number of anilines is 1. The maximum atomic E-state index is 13.5. The van der Waals surface area contributed by atoms with Crippen LogP contribution >= 0.6 is 11.6 Å². The summed E-state index contributed by atoms with van der Waals surface area (Å²) in [4.78, 5) is 16.8. The van der Waals surface area contributed by atoms with E-state index in [1.165, 1.54) is 12.1 Å². The van der Waals surface area contributed by atoms with Gasteiger partial charge < -0.3 is 10.6 Å². The molecule has 160 valence electrons. The Morgan fingerprint density at radius 3 is 2.42 bits per heavy atom. The molecule has 1 aromatic heterocycles. The van der Waals surface area contributed by atoms with Gasteiger partial charge in [0.05, 0.1) is 5.69 Å². The first kappa shape index (κ1) is 21.0. The van der Waals surface area contributed by atoms with Crippen molar-refractivity contribution in [1.29, 1.82) is 0 Å². The Balaban J connectivity index is 1.56. The van der Waals surface area contributed by atoms with Crippen LogP contribution in [0, 0.1) is 11.6 Å². The van der Waals surface area contributed by atoms with Crippen LogP contribution in [0.4, 0.5) is 14.6 Å². The number of aliphatic imine (C=N–C) groups is 1. The smallest absolute Gasteiger partial charge is 0.280 e. The topological polar surface area (TPSA) is 82.2 Å². The minimum Gasteiger partial charge on any atom is -0.353 e. The molecule has 0 unspecified atom stereocenters. The highest BCUT2D eigenvalue weighted by atomic mass is 35.5. The highest BCUT2D eigenvalue weighted by molar-refractivity contribution is 6.30. The molecule has 1 heterocycles. The molecule has 3 N–H and O–H groups in total. The summed E-state index contributed by atoms with van der Waals surface area (Å²) in [5, 5.41) is 13.7. The normalized spacial score (nSPS) is 14.6. The van der Waals surface area contributed by atoms with Crippen LogP contribution in [0.2, 0.25) is 5.02 Å². The van der Waals surface area contributed by atoms with Crippen molar-refractivity contribution in [2.24, 2.45) is 4.99 Å². The molecule has 31 heavy (non-hydrogen) atoms. The predicted molar refractivity (Wildman–Crippen MR) is 116 cm³/mol. The lowest BCUT2D eigenvalue weighted by atomic mass is 10.1. The Labute approximate surface area is 182 Å². The summed E-state index contributed by atoms with van der Waals surface area (Å²) >= 11 is 5.89. The maximum Gasteiger partial charge on any atom is 0.280 e. The van der Waals surface area contributed by atoms with Crippen LogP contribution in [-0.2, 0) is 0 Å². The second-order valence-electron chi connectivity index (χ2n) is 7.35. The number of guanidine groups is 1. The zero-order valence-electron chi connectivity index (χ0n) is 16.5. The second kappa shape index (κ2) is 9.26. The molecule has 0 bridgehead atoms. The average molecular weight is 444 g/mol. The van der Waals surface area contributed by atoms with Gasteiger partial charge in [0, 0.05) is 34.3 Å². The Bertz CT molecular complexity index is 1090. The first-order chi connectivity index (χ1) is 15.0. The van der Waals surface area contributed by atoms with E-state index >= 15 is 0 Å². The summed E-state index contributed by atoms with van der Waals surface area (Å²) in [7, 11) is 0. The minimum atomic E-state index is -0.689. The van der Waals surface area contributed by atoms with Gasteiger partial charge in [0.15, 0.2) is 0 Å². The molecule has 1 saturated carbocycles. The summed E-state index contributed by atoms with van der Waals surface area (Å²) in [5.41, 5.74) is 1.05. The third-order valence-electron chi connectivity index (χ3n) is 4.99. The third-order valence-corrected chi connectivity index (χ3v) is 5.24. The molecule has 0 aliphatic heterocycles. The Morgan fingerprint density at radius 2 is 1.74 bits per heavy atom. The number of H-pyrrole nitrogens is 1. The van der Waals surface area contributed by atoms with Crippen LogP contribution in [0.15, 0.2) is 53.5 Å². The standard InChI is InChI=1S/C22H20ClF2N5O/c23-15-7-5-13(6-8-15)21(31)28-22(26-18-3-1-2-4-18)27-20-12-19(29-30-20)14-9-16(24)11-17(25)10-14/h5-12,18H,1-4H2,(H3,26,27,28,29,30,31). The monoisotopic (exact) mass is 443 g/mol. The fourth-order valence-corrected chi connectivity index (χ4v) is 3.61. The van der Waals surface area contributed by atoms with Gasteiger partial charge in [-0.25, -0.2) is 8.78 Å². The number of halogens is 3. The molecule has 4 rings (SSSR count). The molecule has 0 radical (unpaired) electrons. The van der Waals surface area contributed by atoms with Crippen molar-refractivity contribution < 1.29 is 13.6 Å².